The Hall–Kier alpha value is -1.03. The summed E-state index contributed by atoms with van der Waals surface area (Å²) in [5.41, 5.74) is 0.583. The smallest absolute Gasteiger partial charge is 0.392 e. The molecule has 86 valence electrons. The van der Waals surface area contributed by atoms with E-state index in [4.69, 9.17) is 0 Å². The molecular weight excluding hydrogens is 217 g/mol. The lowest BCUT2D eigenvalue weighted by atomic mass is 9.86. The van der Waals surface area contributed by atoms with Crippen molar-refractivity contribution >= 4 is 0 Å². The van der Waals surface area contributed by atoms with Crippen molar-refractivity contribution in [3.8, 4) is 0 Å². The summed E-state index contributed by atoms with van der Waals surface area (Å²) in [6.45, 7) is 0. The lowest BCUT2D eigenvalue weighted by Crippen LogP contribution is -2.20. The molecule has 16 heavy (non-hydrogen) atoms. The Morgan fingerprint density at radius 1 is 1.19 bits per heavy atom. The fourth-order valence-corrected chi connectivity index (χ4v) is 3.18. The number of aliphatic hydroxyl groups is 1. The molecule has 3 unspecified atom stereocenters. The van der Waals surface area contributed by atoms with Crippen molar-refractivity contribution in [3.05, 3.63) is 34.9 Å². The highest BCUT2D eigenvalue weighted by molar-refractivity contribution is 5.48. The molecular formula is C12H11F3O. The van der Waals surface area contributed by atoms with Gasteiger partial charge in [-0.15, -0.1) is 0 Å². The standard InChI is InChI=1S/C12H11F3O/c13-12(14,15)9-3-1-2-7-6-4-8(11(7)9)10(16)5-6/h1-3,6,8,10,16H,4-5H2. The summed E-state index contributed by atoms with van der Waals surface area (Å²) in [6, 6.07) is 4.35. The minimum Gasteiger partial charge on any atom is -0.392 e. The van der Waals surface area contributed by atoms with E-state index in [9.17, 15) is 18.3 Å². The molecule has 0 radical (unpaired) electrons. The van der Waals surface area contributed by atoms with Gasteiger partial charge in [0.1, 0.15) is 0 Å². The van der Waals surface area contributed by atoms with E-state index in [1.54, 1.807) is 6.07 Å². The van der Waals surface area contributed by atoms with Crippen LogP contribution in [0.25, 0.3) is 0 Å². The molecule has 0 spiro atoms. The molecule has 0 heterocycles. The van der Waals surface area contributed by atoms with Crippen LogP contribution in [0.3, 0.4) is 0 Å². The number of hydrogen-bond donors (Lipinski definition) is 1. The Kier molecular flexibility index (Phi) is 1.90. The molecule has 0 saturated heterocycles. The summed E-state index contributed by atoms with van der Waals surface area (Å²) >= 11 is 0. The molecule has 0 aromatic heterocycles. The topological polar surface area (TPSA) is 20.2 Å². The van der Waals surface area contributed by atoms with Gasteiger partial charge < -0.3 is 5.11 Å². The Balaban J connectivity index is 2.19. The van der Waals surface area contributed by atoms with E-state index in [1.165, 1.54) is 6.07 Å². The predicted molar refractivity (Wildman–Crippen MR) is 52.2 cm³/mol. The van der Waals surface area contributed by atoms with Gasteiger partial charge >= 0.3 is 6.18 Å². The lowest BCUT2D eigenvalue weighted by molar-refractivity contribution is -0.138. The highest BCUT2D eigenvalue weighted by atomic mass is 19.4. The van der Waals surface area contributed by atoms with Gasteiger partial charge in [-0.2, -0.15) is 13.2 Å². The van der Waals surface area contributed by atoms with Crippen molar-refractivity contribution in [1.29, 1.82) is 0 Å². The van der Waals surface area contributed by atoms with Gasteiger partial charge in [-0.1, -0.05) is 12.1 Å². The maximum absolute atomic E-state index is 12.8. The zero-order chi connectivity index (χ0) is 11.5. The molecule has 1 fully saturated rings. The first-order valence-corrected chi connectivity index (χ1v) is 5.36. The number of alkyl halides is 3. The van der Waals surface area contributed by atoms with Crippen LogP contribution in [-0.2, 0) is 6.18 Å². The lowest BCUT2D eigenvalue weighted by Gasteiger charge is -2.23. The van der Waals surface area contributed by atoms with Gasteiger partial charge in [0.15, 0.2) is 0 Å². The van der Waals surface area contributed by atoms with Crippen LogP contribution >= 0.6 is 0 Å². The molecule has 0 aliphatic heterocycles. The van der Waals surface area contributed by atoms with Gasteiger partial charge in [0, 0.05) is 5.92 Å². The monoisotopic (exact) mass is 228 g/mol. The second-order valence-electron chi connectivity index (χ2n) is 4.65. The molecule has 2 bridgehead atoms. The van der Waals surface area contributed by atoms with Crippen LogP contribution in [0.4, 0.5) is 13.2 Å². The maximum Gasteiger partial charge on any atom is 0.416 e. The fourth-order valence-electron chi connectivity index (χ4n) is 3.18. The van der Waals surface area contributed by atoms with E-state index in [2.05, 4.69) is 0 Å². The van der Waals surface area contributed by atoms with E-state index < -0.39 is 17.8 Å². The molecule has 1 N–H and O–H groups in total. The van der Waals surface area contributed by atoms with Crippen molar-refractivity contribution < 1.29 is 18.3 Å². The molecule has 0 amide bonds. The highest BCUT2D eigenvalue weighted by Crippen LogP contribution is 2.55. The first-order valence-electron chi connectivity index (χ1n) is 5.36. The first kappa shape index (κ1) is 10.1. The highest BCUT2D eigenvalue weighted by Gasteiger charge is 2.48. The Bertz CT molecular complexity index is 438. The second-order valence-corrected chi connectivity index (χ2v) is 4.65. The normalized spacial score (nSPS) is 31.9. The minimum absolute atomic E-state index is 0.122. The van der Waals surface area contributed by atoms with E-state index in [1.807, 2.05) is 0 Å². The summed E-state index contributed by atoms with van der Waals surface area (Å²) in [6.07, 6.45) is -3.63. The average Bonchev–Trinajstić information content (AvgIpc) is 2.73. The second kappa shape index (κ2) is 3.00. The number of halogens is 3. The van der Waals surface area contributed by atoms with Crippen LogP contribution in [0.5, 0.6) is 0 Å². The Labute approximate surface area is 90.9 Å². The molecule has 1 aromatic carbocycles. The molecule has 3 rings (SSSR count). The van der Waals surface area contributed by atoms with Gasteiger partial charge in [-0.05, 0) is 36.0 Å². The van der Waals surface area contributed by atoms with Crippen LogP contribution in [-0.4, -0.2) is 11.2 Å². The summed E-state index contributed by atoms with van der Waals surface area (Å²) < 4.78 is 38.4. The third kappa shape index (κ3) is 1.22. The fraction of sp³-hybridized carbons (Fsp3) is 0.500. The zero-order valence-electron chi connectivity index (χ0n) is 8.46. The van der Waals surface area contributed by atoms with Crippen molar-refractivity contribution in [3.63, 3.8) is 0 Å². The molecule has 3 atom stereocenters. The van der Waals surface area contributed by atoms with Crippen LogP contribution < -0.4 is 0 Å². The van der Waals surface area contributed by atoms with Crippen molar-refractivity contribution in [2.45, 2.75) is 37.0 Å². The van der Waals surface area contributed by atoms with Gasteiger partial charge in [-0.25, -0.2) is 0 Å². The van der Waals surface area contributed by atoms with Gasteiger partial charge in [0.05, 0.1) is 11.7 Å². The number of benzene rings is 1. The average molecular weight is 228 g/mol. The summed E-state index contributed by atoms with van der Waals surface area (Å²) in [4.78, 5) is 0. The van der Waals surface area contributed by atoms with Crippen LogP contribution in [0.2, 0.25) is 0 Å². The first-order chi connectivity index (χ1) is 7.48. The van der Waals surface area contributed by atoms with Crippen molar-refractivity contribution in [2.24, 2.45) is 0 Å². The maximum atomic E-state index is 12.8. The van der Waals surface area contributed by atoms with Gasteiger partial charge in [0.25, 0.3) is 0 Å². The molecule has 1 saturated carbocycles. The van der Waals surface area contributed by atoms with Crippen molar-refractivity contribution in [1.82, 2.24) is 0 Å². The van der Waals surface area contributed by atoms with E-state index in [-0.39, 0.29) is 11.8 Å². The van der Waals surface area contributed by atoms with E-state index >= 15 is 0 Å². The predicted octanol–water partition coefficient (Wildman–Crippen LogP) is 3.04. The minimum atomic E-state index is -4.31. The van der Waals surface area contributed by atoms with Gasteiger partial charge in [-0.3, -0.25) is 0 Å². The largest absolute Gasteiger partial charge is 0.416 e. The third-order valence-electron chi connectivity index (χ3n) is 3.78. The summed E-state index contributed by atoms with van der Waals surface area (Å²) in [5.74, 6) is -0.185. The third-order valence-corrected chi connectivity index (χ3v) is 3.78. The van der Waals surface area contributed by atoms with Crippen LogP contribution in [0, 0.1) is 0 Å². The SMILES string of the molecule is OC1CC2CC1c1c2cccc1C(F)(F)F. The molecule has 4 heteroatoms. The van der Waals surface area contributed by atoms with Gasteiger partial charge in [0.2, 0.25) is 0 Å². The number of rotatable bonds is 0. The van der Waals surface area contributed by atoms with Crippen LogP contribution in [0.1, 0.15) is 41.4 Å². The number of fused-ring (bicyclic) bond motifs is 5. The Morgan fingerprint density at radius 2 is 1.94 bits per heavy atom. The quantitative estimate of drug-likeness (QED) is 0.723. The molecule has 2 aliphatic rings. The number of aliphatic hydroxyl groups excluding tert-OH is 1. The molecule has 1 aromatic rings. The zero-order valence-corrected chi connectivity index (χ0v) is 8.46. The van der Waals surface area contributed by atoms with Crippen molar-refractivity contribution in [2.75, 3.05) is 0 Å². The number of hydrogen-bond acceptors (Lipinski definition) is 1. The van der Waals surface area contributed by atoms with E-state index in [0.717, 1.165) is 11.6 Å². The molecule has 2 aliphatic carbocycles. The van der Waals surface area contributed by atoms with E-state index in [0.29, 0.717) is 18.4 Å². The summed E-state index contributed by atoms with van der Waals surface area (Å²) in [5, 5.41) is 9.69. The van der Waals surface area contributed by atoms with Crippen LogP contribution in [0.15, 0.2) is 18.2 Å². The Morgan fingerprint density at radius 3 is 2.62 bits per heavy atom. The summed E-state index contributed by atoms with van der Waals surface area (Å²) in [7, 11) is 0. The molecule has 1 nitrogen and oxygen atoms in total.